The van der Waals surface area contributed by atoms with Crippen LogP contribution < -0.4 is 14.4 Å². The molecule has 11 nitrogen and oxygen atoms in total. The van der Waals surface area contributed by atoms with Crippen molar-refractivity contribution in [3.05, 3.63) is 58.6 Å². The van der Waals surface area contributed by atoms with E-state index in [-0.39, 0.29) is 16.5 Å². The van der Waals surface area contributed by atoms with Crippen LogP contribution in [0.4, 0.5) is 16.5 Å². The van der Waals surface area contributed by atoms with Crippen LogP contribution in [-0.2, 0) is 14.8 Å². The van der Waals surface area contributed by atoms with E-state index in [1.807, 2.05) is 0 Å². The lowest BCUT2D eigenvalue weighted by Crippen LogP contribution is -2.45. The summed E-state index contributed by atoms with van der Waals surface area (Å²) in [6, 6.07) is 11.0. The quantitative estimate of drug-likeness (QED) is 0.385. The Hall–Kier alpha value is -3.58. The van der Waals surface area contributed by atoms with Gasteiger partial charge in [0.2, 0.25) is 21.1 Å². The Labute approximate surface area is 187 Å². The molecule has 1 amide bonds. The molecule has 1 heterocycles. The van der Waals surface area contributed by atoms with Crippen molar-refractivity contribution in [2.75, 3.05) is 23.0 Å². The molecular weight excluding hydrogens is 458 g/mol. The van der Waals surface area contributed by atoms with Gasteiger partial charge >= 0.3 is 0 Å². The van der Waals surface area contributed by atoms with Crippen LogP contribution in [0.15, 0.2) is 48.5 Å². The van der Waals surface area contributed by atoms with Gasteiger partial charge in [0.1, 0.15) is 16.8 Å². The maximum absolute atomic E-state index is 12.8. The molecule has 32 heavy (non-hydrogen) atoms. The zero-order chi connectivity index (χ0) is 23.5. The standard InChI is InChI=1S/C19H19N5O6S2/c1-12(23(32(3,28)29)14-5-4-6-15(11-14)24(26)27)17(25)20-19-22-21-18(31-19)13-7-9-16(30-2)10-8-13/h4-12H,1-3H3,(H,20,22,25)/t12-/m1/s1. The van der Waals surface area contributed by atoms with Crippen LogP contribution in [0.2, 0.25) is 0 Å². The molecule has 0 spiro atoms. The molecule has 0 radical (unpaired) electrons. The fourth-order valence-electron chi connectivity index (χ4n) is 2.89. The molecule has 2 aromatic carbocycles. The Bertz CT molecular complexity index is 1240. The number of hydrogen-bond donors (Lipinski definition) is 1. The van der Waals surface area contributed by atoms with Gasteiger partial charge in [-0.2, -0.15) is 0 Å². The summed E-state index contributed by atoms with van der Waals surface area (Å²) in [5.74, 6) is 0.0157. The number of nitro benzene ring substituents is 1. The average Bonchev–Trinajstić information content (AvgIpc) is 3.21. The lowest BCUT2D eigenvalue weighted by molar-refractivity contribution is -0.384. The minimum atomic E-state index is -3.94. The van der Waals surface area contributed by atoms with Gasteiger partial charge in [0.25, 0.3) is 5.69 Å². The number of carbonyl (C=O) groups excluding carboxylic acids is 1. The van der Waals surface area contributed by atoms with E-state index in [0.29, 0.717) is 10.8 Å². The molecule has 168 valence electrons. The molecule has 0 aliphatic carbocycles. The summed E-state index contributed by atoms with van der Waals surface area (Å²) >= 11 is 1.11. The number of nitrogens with zero attached hydrogens (tertiary/aromatic N) is 4. The van der Waals surface area contributed by atoms with E-state index in [1.54, 1.807) is 31.4 Å². The van der Waals surface area contributed by atoms with Crippen molar-refractivity contribution in [2.45, 2.75) is 13.0 Å². The van der Waals surface area contributed by atoms with Crippen LogP contribution in [0.3, 0.4) is 0 Å². The Morgan fingerprint density at radius 1 is 1.22 bits per heavy atom. The number of ether oxygens (including phenoxy) is 1. The third-order valence-electron chi connectivity index (χ3n) is 4.38. The fourth-order valence-corrected chi connectivity index (χ4v) is 4.80. The minimum absolute atomic E-state index is 0.000496. The number of nitro groups is 1. The van der Waals surface area contributed by atoms with E-state index in [4.69, 9.17) is 4.74 Å². The van der Waals surface area contributed by atoms with Gasteiger partial charge in [0.15, 0.2) is 0 Å². The van der Waals surface area contributed by atoms with Crippen LogP contribution in [-0.4, -0.2) is 48.9 Å². The topological polar surface area (TPSA) is 145 Å². The predicted molar refractivity (Wildman–Crippen MR) is 120 cm³/mol. The van der Waals surface area contributed by atoms with E-state index in [9.17, 15) is 23.3 Å². The third-order valence-corrected chi connectivity index (χ3v) is 6.51. The molecule has 13 heteroatoms. The van der Waals surface area contributed by atoms with Crippen LogP contribution >= 0.6 is 11.3 Å². The Kier molecular flexibility index (Phi) is 6.69. The summed E-state index contributed by atoms with van der Waals surface area (Å²) in [4.78, 5) is 23.2. The highest BCUT2D eigenvalue weighted by Gasteiger charge is 2.30. The molecule has 1 atom stereocenters. The summed E-state index contributed by atoms with van der Waals surface area (Å²) < 4.78 is 30.7. The smallest absolute Gasteiger partial charge is 0.271 e. The van der Waals surface area contributed by atoms with Gasteiger partial charge in [0, 0.05) is 17.7 Å². The largest absolute Gasteiger partial charge is 0.497 e. The number of non-ortho nitro benzene ring substituents is 1. The van der Waals surface area contributed by atoms with Gasteiger partial charge in [-0.15, -0.1) is 10.2 Å². The lowest BCUT2D eigenvalue weighted by Gasteiger charge is -2.27. The van der Waals surface area contributed by atoms with Crippen LogP contribution in [0.1, 0.15) is 6.92 Å². The molecule has 1 N–H and O–H groups in total. The number of aromatic nitrogens is 2. The summed E-state index contributed by atoms with van der Waals surface area (Å²) in [6.45, 7) is 1.38. The predicted octanol–water partition coefficient (Wildman–Crippen LogP) is 2.92. The van der Waals surface area contributed by atoms with Crippen molar-refractivity contribution < 1.29 is 22.9 Å². The zero-order valence-corrected chi connectivity index (χ0v) is 18.9. The number of nitrogens with one attached hydrogen (secondary N) is 1. The average molecular weight is 478 g/mol. The van der Waals surface area contributed by atoms with Gasteiger partial charge in [-0.25, -0.2) is 8.42 Å². The van der Waals surface area contributed by atoms with Crippen LogP contribution in [0, 0.1) is 10.1 Å². The minimum Gasteiger partial charge on any atom is -0.497 e. The maximum Gasteiger partial charge on any atom is 0.271 e. The number of sulfonamides is 1. The number of anilines is 2. The molecule has 0 saturated carbocycles. The third kappa shape index (κ3) is 5.18. The van der Waals surface area contributed by atoms with Gasteiger partial charge in [-0.05, 0) is 37.3 Å². The SMILES string of the molecule is COc1ccc(-c2nnc(NC(=O)[C@@H](C)N(c3cccc([N+](=O)[O-])c3)S(C)(=O)=O)s2)cc1. The molecule has 0 aliphatic heterocycles. The van der Waals surface area contributed by atoms with Gasteiger partial charge in [0.05, 0.1) is 24.0 Å². The zero-order valence-electron chi connectivity index (χ0n) is 17.3. The summed E-state index contributed by atoms with van der Waals surface area (Å²) in [6.07, 6.45) is 0.919. The first kappa shape index (κ1) is 23.1. The molecule has 3 rings (SSSR count). The van der Waals surface area contributed by atoms with E-state index in [0.717, 1.165) is 33.5 Å². The molecule has 0 bridgehead atoms. The Balaban J connectivity index is 1.82. The van der Waals surface area contributed by atoms with Gasteiger partial charge in [-0.3, -0.25) is 24.5 Å². The molecule has 3 aromatic rings. The summed E-state index contributed by atoms with van der Waals surface area (Å²) in [5.41, 5.74) is 0.476. The van der Waals surface area contributed by atoms with Gasteiger partial charge in [-0.1, -0.05) is 17.4 Å². The number of methoxy groups -OCH3 is 1. The molecule has 1 aromatic heterocycles. The lowest BCUT2D eigenvalue weighted by atomic mass is 10.2. The highest BCUT2D eigenvalue weighted by atomic mass is 32.2. The van der Waals surface area contributed by atoms with E-state index in [2.05, 4.69) is 15.5 Å². The van der Waals surface area contributed by atoms with Crippen molar-refractivity contribution in [3.63, 3.8) is 0 Å². The van der Waals surface area contributed by atoms with Crippen LogP contribution in [0.5, 0.6) is 5.75 Å². The van der Waals surface area contributed by atoms with E-state index >= 15 is 0 Å². The second-order valence-electron chi connectivity index (χ2n) is 6.64. The molecule has 0 saturated heterocycles. The number of benzene rings is 2. The molecule has 0 unspecified atom stereocenters. The van der Waals surface area contributed by atoms with Crippen molar-refractivity contribution in [1.82, 2.24) is 10.2 Å². The van der Waals surface area contributed by atoms with Crippen molar-refractivity contribution in [1.29, 1.82) is 0 Å². The Morgan fingerprint density at radius 2 is 1.91 bits per heavy atom. The summed E-state index contributed by atoms with van der Waals surface area (Å²) in [5, 5.41) is 22.3. The van der Waals surface area contributed by atoms with E-state index < -0.39 is 26.9 Å². The van der Waals surface area contributed by atoms with Crippen molar-refractivity contribution in [2.24, 2.45) is 0 Å². The highest BCUT2D eigenvalue weighted by molar-refractivity contribution is 7.92. The molecule has 0 fully saturated rings. The second-order valence-corrected chi connectivity index (χ2v) is 9.48. The molecular formula is C19H19N5O6S2. The number of carbonyl (C=O) groups is 1. The normalized spacial score (nSPS) is 12.1. The van der Waals surface area contributed by atoms with Gasteiger partial charge < -0.3 is 4.74 Å². The fraction of sp³-hybridized carbons (Fsp3) is 0.211. The number of rotatable bonds is 8. The second kappa shape index (κ2) is 9.28. The van der Waals surface area contributed by atoms with E-state index in [1.165, 1.54) is 25.1 Å². The highest BCUT2D eigenvalue weighted by Crippen LogP contribution is 2.29. The first-order chi connectivity index (χ1) is 15.1. The Morgan fingerprint density at radius 3 is 2.50 bits per heavy atom. The monoisotopic (exact) mass is 477 g/mol. The van der Waals surface area contributed by atoms with Crippen molar-refractivity contribution >= 4 is 43.8 Å². The molecule has 0 aliphatic rings. The van der Waals surface area contributed by atoms with Crippen LogP contribution in [0.25, 0.3) is 10.6 Å². The number of amides is 1. The summed E-state index contributed by atoms with van der Waals surface area (Å²) in [7, 11) is -2.38. The first-order valence-corrected chi connectivity index (χ1v) is 11.8. The first-order valence-electron chi connectivity index (χ1n) is 9.13. The maximum atomic E-state index is 12.8. The number of hydrogen-bond acceptors (Lipinski definition) is 9. The van der Waals surface area contributed by atoms with Crippen molar-refractivity contribution in [3.8, 4) is 16.3 Å².